The minimum atomic E-state index is -0.771. The van der Waals surface area contributed by atoms with Crippen molar-refractivity contribution < 1.29 is 38.0 Å². The first-order valence-corrected chi connectivity index (χ1v) is 15.1. The number of nitrogens with zero attached hydrogens (tertiary/aromatic N) is 1. The Morgan fingerprint density at radius 1 is 0.864 bits per heavy atom. The Labute approximate surface area is 258 Å². The average Bonchev–Trinajstić information content (AvgIpc) is 3.43. The maximum Gasteiger partial charge on any atom is 0.513 e. The van der Waals surface area contributed by atoms with E-state index in [1.807, 2.05) is 49.4 Å². The van der Waals surface area contributed by atoms with Crippen molar-refractivity contribution in [3.8, 4) is 23.0 Å². The monoisotopic (exact) mass is 601 g/mol. The SMILES string of the molecule is CCOC(=O)Oc1ccc(C2=C(C)c3ccc(OC(=O)OCC)cc3O[C@H]2c2ccc(OCCN3CCC(C)C3)cc2)cc1. The Hall–Kier alpha value is -4.50. The summed E-state index contributed by atoms with van der Waals surface area (Å²) in [6.45, 7) is 12.0. The van der Waals surface area contributed by atoms with Gasteiger partial charge in [-0.3, -0.25) is 4.90 Å². The first-order valence-electron chi connectivity index (χ1n) is 15.1. The average molecular weight is 602 g/mol. The Bertz CT molecular complexity index is 1480. The lowest BCUT2D eigenvalue weighted by molar-refractivity contribution is 0.103. The molecular weight excluding hydrogens is 562 g/mol. The van der Waals surface area contributed by atoms with E-state index in [0.717, 1.165) is 59.1 Å². The number of carbonyl (C=O) groups is 2. The molecule has 44 heavy (non-hydrogen) atoms. The van der Waals surface area contributed by atoms with Crippen molar-refractivity contribution in [2.24, 2.45) is 5.92 Å². The van der Waals surface area contributed by atoms with E-state index in [4.69, 9.17) is 28.4 Å². The number of allylic oxidation sites excluding steroid dienone is 1. The third-order valence-corrected chi connectivity index (χ3v) is 7.73. The second-order valence-electron chi connectivity index (χ2n) is 10.9. The highest BCUT2D eigenvalue weighted by atomic mass is 16.7. The predicted octanol–water partition coefficient (Wildman–Crippen LogP) is 7.54. The van der Waals surface area contributed by atoms with Crippen molar-refractivity contribution in [3.05, 3.63) is 83.4 Å². The quantitative estimate of drug-likeness (QED) is 0.173. The Kier molecular flexibility index (Phi) is 10.1. The lowest BCUT2D eigenvalue weighted by Gasteiger charge is -2.31. The number of ether oxygens (including phenoxy) is 6. The van der Waals surface area contributed by atoms with Gasteiger partial charge in [-0.1, -0.05) is 31.2 Å². The van der Waals surface area contributed by atoms with Crippen LogP contribution in [-0.4, -0.2) is 56.7 Å². The molecule has 2 aliphatic rings. The smallest absolute Gasteiger partial charge is 0.492 e. The number of hydrogen-bond donors (Lipinski definition) is 0. The summed E-state index contributed by atoms with van der Waals surface area (Å²) in [7, 11) is 0. The van der Waals surface area contributed by atoms with Gasteiger partial charge in [0.05, 0.1) is 13.2 Å². The first-order chi connectivity index (χ1) is 21.3. The molecule has 2 aliphatic heterocycles. The Balaban J connectivity index is 1.41. The van der Waals surface area contributed by atoms with Gasteiger partial charge >= 0.3 is 12.3 Å². The van der Waals surface area contributed by atoms with E-state index in [9.17, 15) is 9.59 Å². The molecule has 9 nitrogen and oxygen atoms in total. The summed E-state index contributed by atoms with van der Waals surface area (Å²) in [4.78, 5) is 26.2. The van der Waals surface area contributed by atoms with Crippen molar-refractivity contribution >= 4 is 23.5 Å². The van der Waals surface area contributed by atoms with Crippen LogP contribution in [0.3, 0.4) is 0 Å². The number of rotatable bonds is 10. The van der Waals surface area contributed by atoms with Crippen LogP contribution in [0.1, 0.15) is 56.9 Å². The minimum absolute atomic E-state index is 0.217. The fraction of sp³-hybridized carbons (Fsp3) is 0.371. The van der Waals surface area contributed by atoms with Crippen molar-refractivity contribution in [2.75, 3.05) is 39.5 Å². The van der Waals surface area contributed by atoms with E-state index in [1.165, 1.54) is 6.42 Å². The van der Waals surface area contributed by atoms with Gasteiger partial charge in [0.15, 0.2) is 0 Å². The predicted molar refractivity (Wildman–Crippen MR) is 166 cm³/mol. The first kappa shape index (κ1) is 30.9. The zero-order valence-corrected chi connectivity index (χ0v) is 25.7. The molecule has 5 rings (SSSR count). The molecule has 0 amide bonds. The van der Waals surface area contributed by atoms with Gasteiger partial charge in [0.25, 0.3) is 0 Å². The van der Waals surface area contributed by atoms with Crippen molar-refractivity contribution in [1.82, 2.24) is 4.90 Å². The maximum atomic E-state index is 11.9. The highest BCUT2D eigenvalue weighted by Gasteiger charge is 2.30. The van der Waals surface area contributed by atoms with Crippen LogP contribution in [0.4, 0.5) is 9.59 Å². The number of hydrogen-bond acceptors (Lipinski definition) is 9. The van der Waals surface area contributed by atoms with E-state index in [1.54, 1.807) is 38.1 Å². The lowest BCUT2D eigenvalue weighted by Crippen LogP contribution is -2.25. The standard InChI is InChI=1S/C35H39NO8/c1-5-39-34(37)42-28-13-7-25(8-14-28)32-24(4)30-16-15-29(43-35(38)40-6-2)21-31(30)44-33(32)26-9-11-27(12-10-26)41-20-19-36-18-17-23(3)22-36/h7-16,21,23,33H,5-6,17-20,22H2,1-4H3/t23?,33-/m0/s1. The van der Waals surface area contributed by atoms with Crippen LogP contribution >= 0.6 is 0 Å². The van der Waals surface area contributed by atoms with Crippen LogP contribution in [0.15, 0.2) is 66.7 Å². The molecule has 3 aromatic carbocycles. The van der Waals surface area contributed by atoms with Gasteiger partial charge < -0.3 is 28.4 Å². The summed E-state index contributed by atoms with van der Waals surface area (Å²) in [5.41, 5.74) is 4.65. The lowest BCUT2D eigenvalue weighted by atomic mass is 9.86. The van der Waals surface area contributed by atoms with Gasteiger partial charge in [-0.05, 0) is 92.8 Å². The number of fused-ring (bicyclic) bond motifs is 1. The number of carbonyl (C=O) groups excluding carboxylic acids is 2. The van der Waals surface area contributed by atoms with Crippen LogP contribution < -0.4 is 18.9 Å². The number of benzene rings is 3. The van der Waals surface area contributed by atoms with E-state index in [2.05, 4.69) is 11.8 Å². The van der Waals surface area contributed by atoms with Crippen LogP contribution in [-0.2, 0) is 9.47 Å². The summed E-state index contributed by atoms with van der Waals surface area (Å²) in [5.74, 6) is 2.83. The van der Waals surface area contributed by atoms with Gasteiger partial charge in [0.1, 0.15) is 35.7 Å². The third-order valence-electron chi connectivity index (χ3n) is 7.73. The van der Waals surface area contributed by atoms with Crippen LogP contribution in [0.2, 0.25) is 0 Å². The molecule has 0 radical (unpaired) electrons. The zero-order chi connectivity index (χ0) is 31.1. The van der Waals surface area contributed by atoms with E-state index < -0.39 is 18.4 Å². The molecule has 0 N–H and O–H groups in total. The topological polar surface area (TPSA) is 92.8 Å². The summed E-state index contributed by atoms with van der Waals surface area (Å²) < 4.78 is 33.1. The molecule has 232 valence electrons. The summed E-state index contributed by atoms with van der Waals surface area (Å²) in [6.07, 6.45) is -0.752. The van der Waals surface area contributed by atoms with Gasteiger partial charge in [-0.15, -0.1) is 0 Å². The minimum Gasteiger partial charge on any atom is -0.492 e. The van der Waals surface area contributed by atoms with E-state index in [0.29, 0.717) is 23.9 Å². The van der Waals surface area contributed by atoms with Gasteiger partial charge in [0.2, 0.25) is 0 Å². The molecule has 0 spiro atoms. The molecular formula is C35H39NO8. The van der Waals surface area contributed by atoms with E-state index in [-0.39, 0.29) is 13.2 Å². The highest BCUT2D eigenvalue weighted by molar-refractivity contribution is 5.95. The van der Waals surface area contributed by atoms with Gasteiger partial charge in [-0.2, -0.15) is 0 Å². The summed E-state index contributed by atoms with van der Waals surface area (Å²) >= 11 is 0. The van der Waals surface area contributed by atoms with Crippen LogP contribution in [0, 0.1) is 5.92 Å². The molecule has 1 fully saturated rings. The van der Waals surface area contributed by atoms with E-state index >= 15 is 0 Å². The molecule has 0 aliphatic carbocycles. The van der Waals surface area contributed by atoms with Gasteiger partial charge in [0, 0.05) is 30.3 Å². The van der Waals surface area contributed by atoms with Crippen molar-refractivity contribution in [1.29, 1.82) is 0 Å². The van der Waals surface area contributed by atoms with Crippen molar-refractivity contribution in [2.45, 2.75) is 40.2 Å². The van der Waals surface area contributed by atoms with Gasteiger partial charge in [-0.25, -0.2) is 9.59 Å². The third kappa shape index (κ3) is 7.52. The molecule has 3 aromatic rings. The largest absolute Gasteiger partial charge is 0.513 e. The fourth-order valence-corrected chi connectivity index (χ4v) is 5.55. The van der Waals surface area contributed by atoms with Crippen LogP contribution in [0.5, 0.6) is 23.0 Å². The highest BCUT2D eigenvalue weighted by Crippen LogP contribution is 2.47. The van der Waals surface area contributed by atoms with Crippen LogP contribution in [0.25, 0.3) is 11.1 Å². The maximum absolute atomic E-state index is 11.9. The number of likely N-dealkylation sites (tertiary alicyclic amines) is 1. The Morgan fingerprint density at radius 2 is 1.50 bits per heavy atom. The molecule has 2 heterocycles. The zero-order valence-electron chi connectivity index (χ0n) is 25.7. The molecule has 0 aromatic heterocycles. The Morgan fingerprint density at radius 3 is 2.14 bits per heavy atom. The fourth-order valence-electron chi connectivity index (χ4n) is 5.55. The molecule has 0 bridgehead atoms. The second-order valence-corrected chi connectivity index (χ2v) is 10.9. The normalized spacial score (nSPS) is 17.8. The molecule has 2 atom stereocenters. The molecule has 1 unspecified atom stereocenters. The summed E-state index contributed by atoms with van der Waals surface area (Å²) in [6, 6.07) is 20.5. The molecule has 1 saturated heterocycles. The molecule has 0 saturated carbocycles. The second kappa shape index (κ2) is 14.3. The summed E-state index contributed by atoms with van der Waals surface area (Å²) in [5, 5.41) is 0. The molecule has 9 heteroatoms. The van der Waals surface area contributed by atoms with Crippen molar-refractivity contribution in [3.63, 3.8) is 0 Å².